The number of nitrogens with one attached hydrogen (secondary N) is 2. The van der Waals surface area contributed by atoms with Crippen LogP contribution in [0.2, 0.25) is 10.0 Å². The molecule has 0 radical (unpaired) electrons. The lowest BCUT2D eigenvalue weighted by atomic mass is 10.2. The van der Waals surface area contributed by atoms with Crippen molar-refractivity contribution >= 4 is 58.2 Å². The topological polar surface area (TPSA) is 132 Å². The SMILES string of the molecule is C=CCn1c(SCC(=O)Nc2ccc([N+](=O)[O-])cc2C)nnc1[C@H](C)NC(=O)c1ccc(Cl)cc1Cl. The molecule has 0 bridgehead atoms. The van der Waals surface area contributed by atoms with Gasteiger partial charge in [0.25, 0.3) is 11.6 Å². The first kappa shape index (κ1) is 27.2. The molecule has 2 aromatic carbocycles. The number of nitrogens with zero attached hydrogens (tertiary/aromatic N) is 4. The minimum Gasteiger partial charge on any atom is -0.342 e. The van der Waals surface area contributed by atoms with E-state index in [1.54, 1.807) is 30.6 Å². The Morgan fingerprint density at radius 1 is 1.25 bits per heavy atom. The van der Waals surface area contributed by atoms with Crippen LogP contribution in [-0.4, -0.2) is 37.3 Å². The number of benzene rings is 2. The van der Waals surface area contributed by atoms with Gasteiger partial charge in [-0.25, -0.2) is 0 Å². The average Bonchev–Trinajstić information content (AvgIpc) is 3.21. The van der Waals surface area contributed by atoms with Crippen LogP contribution in [-0.2, 0) is 11.3 Å². The number of nitro groups is 1. The molecule has 0 aliphatic rings. The Hall–Kier alpha value is -3.41. The summed E-state index contributed by atoms with van der Waals surface area (Å²) >= 11 is 13.2. The quantitative estimate of drug-likeness (QED) is 0.154. The normalized spacial score (nSPS) is 11.6. The zero-order valence-corrected chi connectivity index (χ0v) is 21.7. The van der Waals surface area contributed by atoms with Gasteiger partial charge in [0.1, 0.15) is 0 Å². The fourth-order valence-corrected chi connectivity index (χ4v) is 4.51. The van der Waals surface area contributed by atoms with Crippen molar-refractivity contribution in [2.75, 3.05) is 11.1 Å². The van der Waals surface area contributed by atoms with E-state index < -0.39 is 16.9 Å². The number of carbonyl (C=O) groups is 2. The number of anilines is 1. The Morgan fingerprint density at radius 3 is 2.64 bits per heavy atom. The van der Waals surface area contributed by atoms with Gasteiger partial charge in [-0.3, -0.25) is 19.7 Å². The highest BCUT2D eigenvalue weighted by Crippen LogP contribution is 2.25. The van der Waals surface area contributed by atoms with E-state index in [1.165, 1.54) is 30.3 Å². The molecule has 188 valence electrons. The second-order valence-corrected chi connectivity index (χ2v) is 9.44. The molecule has 0 fully saturated rings. The summed E-state index contributed by atoms with van der Waals surface area (Å²) in [6, 6.07) is 8.28. The summed E-state index contributed by atoms with van der Waals surface area (Å²) in [4.78, 5) is 35.6. The first-order chi connectivity index (χ1) is 17.1. The molecular weight excluding hydrogens is 527 g/mol. The van der Waals surface area contributed by atoms with Gasteiger partial charge in [-0.1, -0.05) is 41.0 Å². The molecule has 1 atom stereocenters. The summed E-state index contributed by atoms with van der Waals surface area (Å²) < 4.78 is 1.75. The number of halogens is 2. The molecule has 13 heteroatoms. The number of amides is 2. The fourth-order valence-electron chi connectivity index (χ4n) is 3.26. The third-order valence-electron chi connectivity index (χ3n) is 5.00. The van der Waals surface area contributed by atoms with Crippen molar-refractivity contribution in [3.63, 3.8) is 0 Å². The van der Waals surface area contributed by atoms with Gasteiger partial charge in [-0.15, -0.1) is 16.8 Å². The highest BCUT2D eigenvalue weighted by atomic mass is 35.5. The number of hydrogen-bond acceptors (Lipinski definition) is 7. The van der Waals surface area contributed by atoms with Crippen molar-refractivity contribution in [3.8, 4) is 0 Å². The molecule has 2 amide bonds. The Labute approximate surface area is 221 Å². The number of non-ortho nitro benzene ring substituents is 1. The number of carbonyl (C=O) groups excluding carboxylic acids is 2. The highest BCUT2D eigenvalue weighted by molar-refractivity contribution is 7.99. The second-order valence-electron chi connectivity index (χ2n) is 7.65. The van der Waals surface area contributed by atoms with E-state index in [9.17, 15) is 19.7 Å². The molecule has 0 saturated carbocycles. The van der Waals surface area contributed by atoms with E-state index in [0.29, 0.717) is 33.8 Å². The lowest BCUT2D eigenvalue weighted by molar-refractivity contribution is -0.384. The maximum Gasteiger partial charge on any atom is 0.269 e. The lowest BCUT2D eigenvalue weighted by Crippen LogP contribution is -2.29. The number of thioether (sulfide) groups is 1. The maximum absolute atomic E-state index is 12.7. The van der Waals surface area contributed by atoms with E-state index in [0.717, 1.165) is 11.8 Å². The molecule has 0 aliphatic carbocycles. The summed E-state index contributed by atoms with van der Waals surface area (Å²) in [6.07, 6.45) is 1.65. The van der Waals surface area contributed by atoms with Crippen molar-refractivity contribution in [1.82, 2.24) is 20.1 Å². The van der Waals surface area contributed by atoms with Crippen molar-refractivity contribution in [2.24, 2.45) is 0 Å². The van der Waals surface area contributed by atoms with E-state index in [2.05, 4.69) is 27.4 Å². The van der Waals surface area contributed by atoms with Crippen LogP contribution >= 0.6 is 35.0 Å². The van der Waals surface area contributed by atoms with Crippen LogP contribution in [0.25, 0.3) is 0 Å². The molecule has 0 saturated heterocycles. The second kappa shape index (κ2) is 12.0. The zero-order chi connectivity index (χ0) is 26.4. The van der Waals surface area contributed by atoms with Crippen LogP contribution in [0.3, 0.4) is 0 Å². The van der Waals surface area contributed by atoms with Gasteiger partial charge in [0.2, 0.25) is 5.91 Å². The zero-order valence-electron chi connectivity index (χ0n) is 19.3. The van der Waals surface area contributed by atoms with Gasteiger partial charge in [-0.05, 0) is 43.7 Å². The molecule has 3 aromatic rings. The van der Waals surface area contributed by atoms with Crippen molar-refractivity contribution in [3.05, 3.63) is 86.2 Å². The number of rotatable bonds is 10. The van der Waals surface area contributed by atoms with E-state index in [1.807, 2.05) is 0 Å². The lowest BCUT2D eigenvalue weighted by Gasteiger charge is -2.16. The predicted molar refractivity (Wildman–Crippen MR) is 140 cm³/mol. The molecule has 0 aliphatic heterocycles. The summed E-state index contributed by atoms with van der Waals surface area (Å²) in [5, 5.41) is 26.0. The first-order valence-electron chi connectivity index (χ1n) is 10.6. The Morgan fingerprint density at radius 2 is 2.00 bits per heavy atom. The summed E-state index contributed by atoms with van der Waals surface area (Å²) in [6.45, 7) is 7.54. The molecule has 10 nitrogen and oxygen atoms in total. The van der Waals surface area contributed by atoms with Gasteiger partial charge in [0, 0.05) is 29.4 Å². The molecule has 3 rings (SSSR count). The Kier molecular flexibility index (Phi) is 9.08. The van der Waals surface area contributed by atoms with Crippen LogP contribution < -0.4 is 10.6 Å². The number of hydrogen-bond donors (Lipinski definition) is 2. The summed E-state index contributed by atoms with van der Waals surface area (Å²) in [5.74, 6) is -0.218. The van der Waals surface area contributed by atoms with Crippen LogP contribution in [0.1, 0.15) is 34.7 Å². The summed E-state index contributed by atoms with van der Waals surface area (Å²) in [5.41, 5.74) is 1.28. The first-order valence-corrected chi connectivity index (χ1v) is 12.3. The van der Waals surface area contributed by atoms with Crippen LogP contribution in [0.5, 0.6) is 0 Å². The molecule has 1 aromatic heterocycles. The standard InChI is InChI=1S/C23H22Cl2N6O4S/c1-4-9-30-21(14(3)26-22(33)17-7-5-15(24)11-18(17)25)28-29-23(30)36-12-20(32)27-19-8-6-16(31(34)35)10-13(19)2/h4-8,10-11,14H,1,9,12H2,2-3H3,(H,26,33)(H,27,32)/t14-/m0/s1. The van der Waals surface area contributed by atoms with Crippen LogP contribution in [0.15, 0.2) is 54.2 Å². The minimum atomic E-state index is -0.525. The van der Waals surface area contributed by atoms with Gasteiger partial charge < -0.3 is 15.2 Å². The highest BCUT2D eigenvalue weighted by Gasteiger charge is 2.21. The molecule has 0 spiro atoms. The largest absolute Gasteiger partial charge is 0.342 e. The molecule has 2 N–H and O–H groups in total. The molecular formula is C23H22Cl2N6O4S. The fraction of sp³-hybridized carbons (Fsp3) is 0.217. The predicted octanol–water partition coefficient (Wildman–Crippen LogP) is 5.21. The molecule has 1 heterocycles. The number of allylic oxidation sites excluding steroid dienone is 1. The van der Waals surface area contributed by atoms with Crippen LogP contribution in [0.4, 0.5) is 11.4 Å². The maximum atomic E-state index is 12.7. The molecule has 0 unspecified atom stereocenters. The number of nitro benzene ring substituents is 1. The van der Waals surface area contributed by atoms with Gasteiger partial charge in [0.05, 0.1) is 27.3 Å². The van der Waals surface area contributed by atoms with Gasteiger partial charge in [-0.2, -0.15) is 0 Å². The smallest absolute Gasteiger partial charge is 0.269 e. The third-order valence-corrected chi connectivity index (χ3v) is 6.51. The van der Waals surface area contributed by atoms with Gasteiger partial charge in [0.15, 0.2) is 11.0 Å². The van der Waals surface area contributed by atoms with E-state index >= 15 is 0 Å². The molecule has 36 heavy (non-hydrogen) atoms. The number of aryl methyl sites for hydroxylation is 1. The third kappa shape index (κ3) is 6.62. The Bertz CT molecular complexity index is 1330. The van der Waals surface area contributed by atoms with Gasteiger partial charge >= 0.3 is 0 Å². The Balaban J connectivity index is 1.68. The van der Waals surface area contributed by atoms with Crippen LogP contribution in [0, 0.1) is 17.0 Å². The van der Waals surface area contributed by atoms with E-state index in [4.69, 9.17) is 23.2 Å². The number of aromatic nitrogens is 3. The average molecular weight is 549 g/mol. The minimum absolute atomic E-state index is 0.0207. The van der Waals surface area contributed by atoms with E-state index in [-0.39, 0.29) is 27.9 Å². The van der Waals surface area contributed by atoms with Crippen molar-refractivity contribution in [1.29, 1.82) is 0 Å². The van der Waals surface area contributed by atoms with Crippen molar-refractivity contribution < 1.29 is 14.5 Å². The van der Waals surface area contributed by atoms with Crippen molar-refractivity contribution in [2.45, 2.75) is 31.6 Å². The summed E-state index contributed by atoms with van der Waals surface area (Å²) in [7, 11) is 0. The monoisotopic (exact) mass is 548 g/mol.